The molecule has 1 aromatic rings. The molecule has 3 nitrogen and oxygen atoms in total. The van der Waals surface area contributed by atoms with Crippen LogP contribution < -0.4 is 5.32 Å². The Morgan fingerprint density at radius 2 is 1.83 bits per heavy atom. The van der Waals surface area contributed by atoms with Crippen molar-refractivity contribution in [3.63, 3.8) is 0 Å². The molecule has 0 atom stereocenters. The minimum absolute atomic E-state index is 0.00328. The van der Waals surface area contributed by atoms with E-state index in [1.54, 1.807) is 6.07 Å². The molecule has 0 radical (unpaired) electrons. The van der Waals surface area contributed by atoms with E-state index in [-0.39, 0.29) is 16.5 Å². The number of piperidine rings is 1. The first-order valence-electron chi connectivity index (χ1n) is 9.15. The van der Waals surface area contributed by atoms with Gasteiger partial charge < -0.3 is 10.2 Å². The Morgan fingerprint density at radius 1 is 1.17 bits per heavy atom. The second-order valence-electron chi connectivity index (χ2n) is 7.53. The molecule has 0 bridgehead atoms. The molecule has 2 aliphatic rings. The lowest BCUT2D eigenvalue weighted by molar-refractivity contribution is 0.0330. The van der Waals surface area contributed by atoms with Crippen LogP contribution in [-0.4, -0.2) is 48.7 Å². The summed E-state index contributed by atoms with van der Waals surface area (Å²) >= 11 is 5.98. The average Bonchev–Trinajstić information content (AvgIpc) is 2.59. The van der Waals surface area contributed by atoms with Crippen LogP contribution in [0.1, 0.15) is 44.9 Å². The number of halogens is 2. The van der Waals surface area contributed by atoms with Crippen molar-refractivity contribution in [2.45, 2.75) is 56.7 Å². The van der Waals surface area contributed by atoms with Crippen molar-refractivity contribution in [3.8, 4) is 0 Å². The maximum atomic E-state index is 13.5. The highest BCUT2D eigenvalue weighted by Gasteiger charge is 2.39. The Bertz CT molecular complexity index is 550. The number of anilines is 1. The van der Waals surface area contributed by atoms with Crippen LogP contribution in [0.25, 0.3) is 0 Å². The molecule has 2 fully saturated rings. The normalized spacial score (nSPS) is 22.7. The third kappa shape index (κ3) is 3.87. The van der Waals surface area contributed by atoms with Crippen LogP contribution in [0.5, 0.6) is 0 Å². The summed E-state index contributed by atoms with van der Waals surface area (Å²) in [6.45, 7) is 2.23. The fourth-order valence-corrected chi connectivity index (χ4v) is 4.49. The second kappa shape index (κ2) is 7.59. The molecule has 1 aliphatic carbocycles. The van der Waals surface area contributed by atoms with Gasteiger partial charge in [-0.3, -0.25) is 4.90 Å². The molecule has 1 N–H and O–H groups in total. The van der Waals surface area contributed by atoms with Gasteiger partial charge in [0.05, 0.1) is 10.7 Å². The summed E-state index contributed by atoms with van der Waals surface area (Å²) in [7, 11) is 4.35. The SMILES string of the molecule is CN(C)C1CCN(C2(Nc3ccc(F)c(Cl)c3)CCCCC2)CC1. The van der Waals surface area contributed by atoms with Crippen LogP contribution in [0.15, 0.2) is 18.2 Å². The van der Waals surface area contributed by atoms with Gasteiger partial charge >= 0.3 is 0 Å². The van der Waals surface area contributed by atoms with Crippen molar-refractivity contribution in [3.05, 3.63) is 29.0 Å². The summed E-state index contributed by atoms with van der Waals surface area (Å²) in [4.78, 5) is 4.97. The van der Waals surface area contributed by atoms with Crippen molar-refractivity contribution < 1.29 is 4.39 Å². The van der Waals surface area contributed by atoms with Gasteiger partial charge in [-0.25, -0.2) is 4.39 Å². The largest absolute Gasteiger partial charge is 0.367 e. The first-order chi connectivity index (χ1) is 11.5. The Labute approximate surface area is 150 Å². The molecule has 1 saturated carbocycles. The van der Waals surface area contributed by atoms with Crippen LogP contribution in [-0.2, 0) is 0 Å². The van der Waals surface area contributed by atoms with Crippen LogP contribution in [0.3, 0.4) is 0 Å². The zero-order valence-corrected chi connectivity index (χ0v) is 15.6. The number of hydrogen-bond acceptors (Lipinski definition) is 3. The lowest BCUT2D eigenvalue weighted by Gasteiger charge is -2.50. The fourth-order valence-electron chi connectivity index (χ4n) is 4.31. The zero-order chi connectivity index (χ0) is 17.2. The number of nitrogens with zero attached hydrogens (tertiary/aromatic N) is 2. The highest BCUT2D eigenvalue weighted by molar-refractivity contribution is 6.31. The molecule has 134 valence electrons. The summed E-state index contributed by atoms with van der Waals surface area (Å²) in [6.07, 6.45) is 8.51. The lowest BCUT2D eigenvalue weighted by atomic mass is 9.85. The molecule has 5 heteroatoms. The number of rotatable bonds is 4. The number of likely N-dealkylation sites (tertiary alicyclic amines) is 1. The van der Waals surface area contributed by atoms with Crippen LogP contribution in [0, 0.1) is 5.82 Å². The molecule has 1 saturated heterocycles. The van der Waals surface area contributed by atoms with Gasteiger partial charge in [0.25, 0.3) is 0 Å². The maximum absolute atomic E-state index is 13.5. The van der Waals surface area contributed by atoms with Gasteiger partial charge in [-0.15, -0.1) is 0 Å². The van der Waals surface area contributed by atoms with E-state index in [4.69, 9.17) is 11.6 Å². The zero-order valence-electron chi connectivity index (χ0n) is 14.8. The van der Waals surface area contributed by atoms with Gasteiger partial charge in [0.15, 0.2) is 0 Å². The first-order valence-corrected chi connectivity index (χ1v) is 9.53. The van der Waals surface area contributed by atoms with E-state index in [0.29, 0.717) is 6.04 Å². The Morgan fingerprint density at radius 3 is 2.42 bits per heavy atom. The van der Waals surface area contributed by atoms with E-state index in [1.807, 2.05) is 6.07 Å². The Hall–Kier alpha value is -0.840. The number of hydrogen-bond donors (Lipinski definition) is 1. The minimum Gasteiger partial charge on any atom is -0.367 e. The molecule has 3 rings (SSSR count). The summed E-state index contributed by atoms with van der Waals surface area (Å²) in [5.74, 6) is -0.355. The van der Waals surface area contributed by atoms with Gasteiger partial charge in [-0.1, -0.05) is 18.0 Å². The summed E-state index contributed by atoms with van der Waals surface area (Å²) in [6, 6.07) is 5.67. The quantitative estimate of drug-likeness (QED) is 0.854. The predicted octanol–water partition coefficient (Wildman–Crippen LogP) is 4.58. The molecule has 0 unspecified atom stereocenters. The molecule has 1 heterocycles. The van der Waals surface area contributed by atoms with Gasteiger partial charge in [0.2, 0.25) is 0 Å². The van der Waals surface area contributed by atoms with Crippen LogP contribution >= 0.6 is 11.6 Å². The summed E-state index contributed by atoms with van der Waals surface area (Å²) in [5, 5.41) is 3.93. The van der Waals surface area contributed by atoms with E-state index in [9.17, 15) is 4.39 Å². The highest BCUT2D eigenvalue weighted by Crippen LogP contribution is 2.37. The van der Waals surface area contributed by atoms with Crippen molar-refractivity contribution in [2.75, 3.05) is 32.5 Å². The van der Waals surface area contributed by atoms with Crippen LogP contribution in [0.4, 0.5) is 10.1 Å². The minimum atomic E-state index is -0.355. The maximum Gasteiger partial charge on any atom is 0.141 e. The monoisotopic (exact) mass is 353 g/mol. The predicted molar refractivity (Wildman–Crippen MR) is 99.1 cm³/mol. The molecule has 24 heavy (non-hydrogen) atoms. The number of benzene rings is 1. The standard InChI is InChI=1S/C19H29ClFN3/c1-23(2)16-8-12-24(13-9-16)19(10-4-3-5-11-19)22-15-6-7-18(21)17(20)14-15/h6-7,14,16,22H,3-5,8-13H2,1-2H3. The van der Waals surface area contributed by atoms with E-state index in [1.165, 1.54) is 38.2 Å². The van der Waals surface area contributed by atoms with Crippen molar-refractivity contribution in [2.24, 2.45) is 0 Å². The first kappa shape index (κ1) is 18.0. The molecule has 1 aromatic carbocycles. The van der Waals surface area contributed by atoms with Gasteiger partial charge in [-0.05, 0) is 70.8 Å². The summed E-state index contributed by atoms with van der Waals surface area (Å²) < 4.78 is 13.5. The lowest BCUT2D eigenvalue weighted by Crippen LogP contribution is -2.59. The second-order valence-corrected chi connectivity index (χ2v) is 7.94. The smallest absolute Gasteiger partial charge is 0.141 e. The molecule has 1 aliphatic heterocycles. The Kier molecular flexibility index (Phi) is 5.68. The molecule has 0 spiro atoms. The van der Waals surface area contributed by atoms with E-state index in [0.717, 1.165) is 31.6 Å². The topological polar surface area (TPSA) is 18.5 Å². The average molecular weight is 354 g/mol. The molecular formula is C19H29ClFN3. The number of nitrogens with one attached hydrogen (secondary N) is 1. The fraction of sp³-hybridized carbons (Fsp3) is 0.684. The Balaban J connectivity index is 1.76. The highest BCUT2D eigenvalue weighted by atomic mass is 35.5. The third-order valence-electron chi connectivity index (χ3n) is 5.78. The third-order valence-corrected chi connectivity index (χ3v) is 6.07. The van der Waals surface area contributed by atoms with E-state index >= 15 is 0 Å². The van der Waals surface area contributed by atoms with Gasteiger partial charge in [0.1, 0.15) is 5.82 Å². The van der Waals surface area contributed by atoms with Gasteiger partial charge in [0, 0.05) is 24.8 Å². The van der Waals surface area contributed by atoms with Gasteiger partial charge in [-0.2, -0.15) is 0 Å². The summed E-state index contributed by atoms with van der Waals surface area (Å²) in [5.41, 5.74) is 0.925. The van der Waals surface area contributed by atoms with Crippen molar-refractivity contribution in [1.82, 2.24) is 9.80 Å². The molecule has 0 amide bonds. The van der Waals surface area contributed by atoms with E-state index in [2.05, 4.69) is 29.2 Å². The van der Waals surface area contributed by atoms with Crippen molar-refractivity contribution in [1.29, 1.82) is 0 Å². The van der Waals surface area contributed by atoms with Crippen molar-refractivity contribution >= 4 is 17.3 Å². The van der Waals surface area contributed by atoms with E-state index < -0.39 is 0 Å². The molecule has 0 aromatic heterocycles. The molecular weight excluding hydrogens is 325 g/mol. The van der Waals surface area contributed by atoms with Crippen LogP contribution in [0.2, 0.25) is 5.02 Å².